The second-order valence-electron chi connectivity index (χ2n) is 5.14. The molecule has 2 rings (SSSR count). The fourth-order valence-electron chi connectivity index (χ4n) is 2.30. The molecule has 0 aromatic heterocycles. The first-order valence-electron chi connectivity index (χ1n) is 7.00. The highest BCUT2D eigenvalue weighted by Gasteiger charge is 2.57. The predicted octanol–water partition coefficient (Wildman–Crippen LogP) is 2.55. The van der Waals surface area contributed by atoms with Crippen molar-refractivity contribution in [2.45, 2.75) is 26.7 Å². The van der Waals surface area contributed by atoms with Crippen LogP contribution >= 0.6 is 0 Å². The zero-order valence-electron chi connectivity index (χ0n) is 12.1. The van der Waals surface area contributed by atoms with E-state index in [9.17, 15) is 18.4 Å². The van der Waals surface area contributed by atoms with E-state index in [1.54, 1.807) is 4.90 Å². The van der Waals surface area contributed by atoms with Gasteiger partial charge in [-0.15, -0.1) is 0 Å². The molecule has 0 spiro atoms. The number of rotatable bonds is 5. The number of halogens is 2. The predicted molar refractivity (Wildman–Crippen MR) is 74.6 cm³/mol. The summed E-state index contributed by atoms with van der Waals surface area (Å²) in [7, 11) is 0. The number of nitrogens with one attached hydrogen (secondary N) is 1. The fourth-order valence-corrected chi connectivity index (χ4v) is 2.30. The molecule has 114 valence electrons. The molecule has 21 heavy (non-hydrogen) atoms. The van der Waals surface area contributed by atoms with E-state index < -0.39 is 23.0 Å². The Morgan fingerprint density at radius 3 is 2.29 bits per heavy atom. The van der Waals surface area contributed by atoms with Crippen LogP contribution in [0.1, 0.15) is 26.7 Å². The lowest BCUT2D eigenvalue weighted by atomic mass is 10.0. The molecule has 0 atom stereocenters. The van der Waals surface area contributed by atoms with E-state index in [1.807, 2.05) is 13.8 Å². The van der Waals surface area contributed by atoms with Crippen LogP contribution in [0.2, 0.25) is 0 Å². The van der Waals surface area contributed by atoms with Crippen molar-refractivity contribution in [3.05, 3.63) is 29.8 Å². The summed E-state index contributed by atoms with van der Waals surface area (Å²) < 4.78 is 26.0. The molecular formula is C15H18F2N2O2. The van der Waals surface area contributed by atoms with E-state index in [-0.39, 0.29) is 11.6 Å². The summed E-state index contributed by atoms with van der Waals surface area (Å²) in [5.74, 6) is -2.67. The van der Waals surface area contributed by atoms with Gasteiger partial charge >= 0.3 is 0 Å². The number of amides is 2. The Hall–Kier alpha value is -1.98. The van der Waals surface area contributed by atoms with E-state index in [1.165, 1.54) is 6.07 Å². The van der Waals surface area contributed by atoms with Crippen molar-refractivity contribution >= 4 is 17.5 Å². The molecule has 6 heteroatoms. The lowest BCUT2D eigenvalue weighted by Crippen LogP contribution is -2.42. The van der Waals surface area contributed by atoms with Crippen molar-refractivity contribution in [2.24, 2.45) is 5.41 Å². The average Bonchev–Trinajstić information content (AvgIpc) is 3.26. The van der Waals surface area contributed by atoms with Crippen LogP contribution in [0.15, 0.2) is 18.2 Å². The number of hydrogen-bond donors (Lipinski definition) is 1. The SMILES string of the molecule is CCN(CC)C(=O)C1(C(=O)Nc2ccc(F)c(F)c2)CC1. The molecule has 1 N–H and O–H groups in total. The Labute approximate surface area is 122 Å². The van der Waals surface area contributed by atoms with E-state index >= 15 is 0 Å². The summed E-state index contributed by atoms with van der Waals surface area (Å²) in [6.45, 7) is 4.78. The number of nitrogens with zero attached hydrogens (tertiary/aromatic N) is 1. The normalized spacial score (nSPS) is 15.4. The lowest BCUT2D eigenvalue weighted by molar-refractivity contribution is -0.141. The minimum Gasteiger partial charge on any atom is -0.342 e. The third-order valence-corrected chi connectivity index (χ3v) is 3.82. The quantitative estimate of drug-likeness (QED) is 0.849. The van der Waals surface area contributed by atoms with Gasteiger partial charge in [-0.1, -0.05) is 0 Å². The molecule has 4 nitrogen and oxygen atoms in total. The number of anilines is 1. The van der Waals surface area contributed by atoms with Crippen LogP contribution in [0.25, 0.3) is 0 Å². The molecule has 0 saturated heterocycles. The first-order chi connectivity index (χ1) is 9.94. The molecule has 0 heterocycles. The van der Waals surface area contributed by atoms with E-state index in [0.29, 0.717) is 25.9 Å². The summed E-state index contributed by atoms with van der Waals surface area (Å²) in [6.07, 6.45) is 0.968. The third-order valence-electron chi connectivity index (χ3n) is 3.82. The lowest BCUT2D eigenvalue weighted by Gasteiger charge is -2.24. The number of hydrogen-bond acceptors (Lipinski definition) is 2. The van der Waals surface area contributed by atoms with Gasteiger partial charge in [0.15, 0.2) is 11.6 Å². The van der Waals surface area contributed by atoms with Crippen LogP contribution < -0.4 is 5.32 Å². The second-order valence-corrected chi connectivity index (χ2v) is 5.14. The highest BCUT2D eigenvalue weighted by molar-refractivity contribution is 6.13. The number of benzene rings is 1. The molecular weight excluding hydrogens is 278 g/mol. The van der Waals surface area contributed by atoms with Crippen molar-refractivity contribution in [1.82, 2.24) is 4.90 Å². The Balaban J connectivity index is 2.12. The van der Waals surface area contributed by atoms with Gasteiger partial charge in [0.1, 0.15) is 5.41 Å². The first kappa shape index (κ1) is 15.4. The van der Waals surface area contributed by atoms with Crippen LogP contribution in [0.5, 0.6) is 0 Å². The Morgan fingerprint density at radius 1 is 1.19 bits per heavy atom. The number of carbonyl (C=O) groups is 2. The largest absolute Gasteiger partial charge is 0.342 e. The Bertz CT molecular complexity index is 567. The Morgan fingerprint density at radius 2 is 1.81 bits per heavy atom. The smallest absolute Gasteiger partial charge is 0.240 e. The zero-order chi connectivity index (χ0) is 15.6. The van der Waals surface area contributed by atoms with Gasteiger partial charge in [0.05, 0.1) is 0 Å². The highest BCUT2D eigenvalue weighted by Crippen LogP contribution is 2.48. The van der Waals surface area contributed by atoms with Gasteiger partial charge in [-0.3, -0.25) is 9.59 Å². The van der Waals surface area contributed by atoms with Gasteiger partial charge in [0.2, 0.25) is 11.8 Å². The molecule has 0 aliphatic heterocycles. The molecule has 1 aromatic rings. The number of carbonyl (C=O) groups excluding carboxylic acids is 2. The van der Waals surface area contributed by atoms with Gasteiger partial charge in [0, 0.05) is 24.8 Å². The molecule has 1 aromatic carbocycles. The van der Waals surface area contributed by atoms with E-state index in [0.717, 1.165) is 12.1 Å². The molecule has 1 aliphatic carbocycles. The molecule has 1 fully saturated rings. The van der Waals surface area contributed by atoms with Crippen LogP contribution in [0.4, 0.5) is 14.5 Å². The minimum absolute atomic E-state index is 0.150. The van der Waals surface area contributed by atoms with Crippen molar-refractivity contribution in [1.29, 1.82) is 0 Å². The van der Waals surface area contributed by atoms with Crippen molar-refractivity contribution in [3.8, 4) is 0 Å². The van der Waals surface area contributed by atoms with Gasteiger partial charge in [-0.25, -0.2) is 8.78 Å². The maximum absolute atomic E-state index is 13.1. The van der Waals surface area contributed by atoms with Crippen molar-refractivity contribution in [3.63, 3.8) is 0 Å². The van der Waals surface area contributed by atoms with Crippen LogP contribution in [-0.2, 0) is 9.59 Å². The van der Waals surface area contributed by atoms with E-state index in [4.69, 9.17) is 0 Å². The molecule has 1 saturated carbocycles. The summed E-state index contributed by atoms with van der Waals surface area (Å²) in [4.78, 5) is 26.3. The fraction of sp³-hybridized carbons (Fsp3) is 0.467. The van der Waals surface area contributed by atoms with Crippen LogP contribution in [0, 0.1) is 17.0 Å². The van der Waals surface area contributed by atoms with E-state index in [2.05, 4.69) is 5.32 Å². The average molecular weight is 296 g/mol. The van der Waals surface area contributed by atoms with Crippen LogP contribution in [-0.4, -0.2) is 29.8 Å². The second kappa shape index (κ2) is 5.79. The summed E-state index contributed by atoms with van der Waals surface area (Å²) in [5.41, 5.74) is -0.894. The maximum atomic E-state index is 13.1. The molecule has 2 amide bonds. The van der Waals surface area contributed by atoms with Gasteiger partial charge in [-0.2, -0.15) is 0 Å². The summed E-state index contributed by atoms with van der Waals surface area (Å²) >= 11 is 0. The summed E-state index contributed by atoms with van der Waals surface area (Å²) in [5, 5.41) is 2.50. The topological polar surface area (TPSA) is 49.4 Å². The van der Waals surface area contributed by atoms with Crippen molar-refractivity contribution in [2.75, 3.05) is 18.4 Å². The molecule has 0 unspecified atom stereocenters. The molecule has 0 radical (unpaired) electrons. The Kier molecular flexibility index (Phi) is 4.25. The summed E-state index contributed by atoms with van der Waals surface area (Å²) in [6, 6.07) is 3.12. The molecule has 0 bridgehead atoms. The third kappa shape index (κ3) is 2.89. The van der Waals surface area contributed by atoms with Crippen molar-refractivity contribution < 1.29 is 18.4 Å². The highest BCUT2D eigenvalue weighted by atomic mass is 19.2. The monoisotopic (exact) mass is 296 g/mol. The van der Waals surface area contributed by atoms with Gasteiger partial charge in [0.25, 0.3) is 0 Å². The van der Waals surface area contributed by atoms with Crippen LogP contribution in [0.3, 0.4) is 0 Å². The zero-order valence-corrected chi connectivity index (χ0v) is 12.1. The first-order valence-corrected chi connectivity index (χ1v) is 7.00. The minimum atomic E-state index is -1.04. The maximum Gasteiger partial charge on any atom is 0.240 e. The van der Waals surface area contributed by atoms with Gasteiger partial charge in [-0.05, 0) is 38.8 Å². The standard InChI is InChI=1S/C15H18F2N2O2/c1-3-19(4-2)14(21)15(7-8-15)13(20)18-10-5-6-11(16)12(17)9-10/h5-6,9H,3-4,7-8H2,1-2H3,(H,18,20). The molecule has 1 aliphatic rings. The van der Waals surface area contributed by atoms with Gasteiger partial charge < -0.3 is 10.2 Å².